The van der Waals surface area contributed by atoms with Crippen molar-refractivity contribution in [3.8, 4) is 0 Å². The third-order valence-electron chi connectivity index (χ3n) is 3.84. The van der Waals surface area contributed by atoms with Crippen molar-refractivity contribution in [2.45, 2.75) is 62.9 Å². The van der Waals surface area contributed by atoms with Gasteiger partial charge in [0.2, 0.25) is 0 Å². The van der Waals surface area contributed by atoms with E-state index in [0.717, 1.165) is 51.6 Å². The summed E-state index contributed by atoms with van der Waals surface area (Å²) in [5.74, 6) is -0.509. The summed E-state index contributed by atoms with van der Waals surface area (Å²) in [5.41, 5.74) is 0. The summed E-state index contributed by atoms with van der Waals surface area (Å²) in [6.45, 7) is 1.01. The fraction of sp³-hybridized carbons (Fsp3) is 1.00. The Hall–Kier alpha value is -0.160. The molecule has 3 atom stereocenters. The molecule has 2 rings (SSSR count). The first kappa shape index (κ1) is 13.3. The van der Waals surface area contributed by atoms with Crippen LogP contribution in [0.5, 0.6) is 0 Å². The average molecular weight is 244 g/mol. The molecule has 0 aromatic carbocycles. The maximum Gasteiger partial charge on any atom is 0.194 e. The van der Waals surface area contributed by atoms with E-state index in [1.54, 1.807) is 7.11 Å². The van der Waals surface area contributed by atoms with Gasteiger partial charge in [-0.3, -0.25) is 0 Å². The molecule has 0 aromatic heterocycles. The highest BCUT2D eigenvalue weighted by Gasteiger charge is 2.47. The SMILES string of the molecule is CO[C@@H]1CC[C@@H](CCCO)O[C@@]12CCCCO2. The van der Waals surface area contributed by atoms with Gasteiger partial charge in [0.1, 0.15) is 6.10 Å². The summed E-state index contributed by atoms with van der Waals surface area (Å²) < 4.78 is 17.6. The molecule has 17 heavy (non-hydrogen) atoms. The standard InChI is InChI=1S/C13H24O4/c1-15-12-7-6-11(5-4-9-14)17-13(12)8-2-3-10-16-13/h11-12,14H,2-10H2,1H3/t11-,12-,13+/m1/s1. The van der Waals surface area contributed by atoms with Crippen LogP contribution in [-0.4, -0.2) is 43.4 Å². The molecule has 1 spiro atoms. The van der Waals surface area contributed by atoms with E-state index >= 15 is 0 Å². The van der Waals surface area contributed by atoms with E-state index in [4.69, 9.17) is 19.3 Å². The van der Waals surface area contributed by atoms with Gasteiger partial charge in [0.25, 0.3) is 0 Å². The Morgan fingerprint density at radius 2 is 2.24 bits per heavy atom. The van der Waals surface area contributed by atoms with E-state index in [9.17, 15) is 0 Å². The normalized spacial score (nSPS) is 38.5. The van der Waals surface area contributed by atoms with Crippen LogP contribution in [0.2, 0.25) is 0 Å². The first-order valence-corrected chi connectivity index (χ1v) is 6.76. The highest BCUT2D eigenvalue weighted by atomic mass is 16.7. The topological polar surface area (TPSA) is 47.9 Å². The summed E-state index contributed by atoms with van der Waals surface area (Å²) in [4.78, 5) is 0. The van der Waals surface area contributed by atoms with Crippen LogP contribution in [0.4, 0.5) is 0 Å². The van der Waals surface area contributed by atoms with Crippen LogP contribution >= 0.6 is 0 Å². The van der Waals surface area contributed by atoms with E-state index in [1.807, 2.05) is 0 Å². The van der Waals surface area contributed by atoms with Crippen molar-refractivity contribution in [2.24, 2.45) is 0 Å². The smallest absolute Gasteiger partial charge is 0.194 e. The van der Waals surface area contributed by atoms with Gasteiger partial charge in [-0.25, -0.2) is 0 Å². The molecular formula is C13H24O4. The van der Waals surface area contributed by atoms with Crippen LogP contribution in [0.1, 0.15) is 44.9 Å². The molecule has 2 heterocycles. The molecule has 4 nitrogen and oxygen atoms in total. The fourth-order valence-corrected chi connectivity index (χ4v) is 2.93. The molecule has 4 heteroatoms. The fourth-order valence-electron chi connectivity index (χ4n) is 2.93. The Balaban J connectivity index is 1.97. The number of ether oxygens (including phenoxy) is 3. The van der Waals surface area contributed by atoms with Crippen LogP contribution < -0.4 is 0 Å². The highest BCUT2D eigenvalue weighted by Crippen LogP contribution is 2.39. The lowest BCUT2D eigenvalue weighted by molar-refractivity contribution is -0.338. The first-order valence-electron chi connectivity index (χ1n) is 6.76. The van der Waals surface area contributed by atoms with Crippen LogP contribution in [0.25, 0.3) is 0 Å². The molecule has 0 bridgehead atoms. The minimum atomic E-state index is -0.509. The van der Waals surface area contributed by atoms with Crippen molar-refractivity contribution < 1.29 is 19.3 Å². The largest absolute Gasteiger partial charge is 0.396 e. The molecule has 0 aliphatic carbocycles. The molecule has 0 radical (unpaired) electrons. The average Bonchev–Trinajstić information content (AvgIpc) is 2.37. The van der Waals surface area contributed by atoms with E-state index in [0.29, 0.717) is 0 Å². The van der Waals surface area contributed by atoms with E-state index in [-0.39, 0.29) is 18.8 Å². The molecule has 2 aliphatic rings. The Kier molecular flexibility index (Phi) is 4.79. The molecule has 1 N–H and O–H groups in total. The predicted octanol–water partition coefficient (Wildman–Crippen LogP) is 1.85. The predicted molar refractivity (Wildman–Crippen MR) is 63.8 cm³/mol. The van der Waals surface area contributed by atoms with Gasteiger partial charge in [0, 0.05) is 20.1 Å². The van der Waals surface area contributed by atoms with E-state index < -0.39 is 5.79 Å². The van der Waals surface area contributed by atoms with Crippen molar-refractivity contribution in [1.29, 1.82) is 0 Å². The molecule has 2 aliphatic heterocycles. The molecule has 0 saturated carbocycles. The molecule has 100 valence electrons. The van der Waals surface area contributed by atoms with Crippen LogP contribution in [0.3, 0.4) is 0 Å². The van der Waals surface area contributed by atoms with Crippen LogP contribution in [0.15, 0.2) is 0 Å². The van der Waals surface area contributed by atoms with Gasteiger partial charge in [0.05, 0.1) is 12.7 Å². The van der Waals surface area contributed by atoms with Gasteiger partial charge in [-0.15, -0.1) is 0 Å². The second kappa shape index (κ2) is 6.14. The minimum absolute atomic E-state index is 0.0631. The summed E-state index contributed by atoms with van der Waals surface area (Å²) in [6, 6.07) is 0. The number of aliphatic hydroxyl groups excluding tert-OH is 1. The van der Waals surface area contributed by atoms with Gasteiger partial charge < -0.3 is 19.3 Å². The summed E-state index contributed by atoms with van der Waals surface area (Å²) >= 11 is 0. The lowest BCUT2D eigenvalue weighted by Gasteiger charge is -2.47. The second-order valence-electron chi connectivity index (χ2n) is 5.02. The Labute approximate surface area is 103 Å². The monoisotopic (exact) mass is 244 g/mol. The number of methoxy groups -OCH3 is 1. The van der Waals surface area contributed by atoms with Crippen LogP contribution in [0, 0.1) is 0 Å². The van der Waals surface area contributed by atoms with Gasteiger partial charge in [0.15, 0.2) is 5.79 Å². The van der Waals surface area contributed by atoms with Crippen molar-refractivity contribution in [2.75, 3.05) is 20.3 Å². The second-order valence-corrected chi connectivity index (χ2v) is 5.02. The zero-order valence-electron chi connectivity index (χ0n) is 10.7. The first-order chi connectivity index (χ1) is 8.30. The number of aliphatic hydroxyl groups is 1. The summed E-state index contributed by atoms with van der Waals surface area (Å²) in [5, 5.41) is 8.89. The number of rotatable bonds is 4. The number of hydrogen-bond acceptors (Lipinski definition) is 4. The summed E-state index contributed by atoms with van der Waals surface area (Å²) in [6.07, 6.45) is 7.18. The lowest BCUT2D eigenvalue weighted by atomic mass is 9.90. The Bertz CT molecular complexity index is 225. The Morgan fingerprint density at radius 1 is 1.35 bits per heavy atom. The van der Waals surface area contributed by atoms with E-state index in [1.165, 1.54) is 0 Å². The van der Waals surface area contributed by atoms with Crippen molar-refractivity contribution in [3.05, 3.63) is 0 Å². The molecular weight excluding hydrogens is 220 g/mol. The van der Waals surface area contributed by atoms with Gasteiger partial charge in [-0.1, -0.05) is 0 Å². The zero-order chi connectivity index (χ0) is 12.1. The van der Waals surface area contributed by atoms with Gasteiger partial charge in [-0.2, -0.15) is 0 Å². The quantitative estimate of drug-likeness (QED) is 0.820. The van der Waals surface area contributed by atoms with E-state index in [2.05, 4.69) is 0 Å². The third-order valence-corrected chi connectivity index (χ3v) is 3.84. The zero-order valence-corrected chi connectivity index (χ0v) is 10.7. The highest BCUT2D eigenvalue weighted by molar-refractivity contribution is 4.89. The maximum absolute atomic E-state index is 8.89. The molecule has 0 unspecified atom stereocenters. The summed E-state index contributed by atoms with van der Waals surface area (Å²) in [7, 11) is 1.74. The van der Waals surface area contributed by atoms with Crippen molar-refractivity contribution in [3.63, 3.8) is 0 Å². The van der Waals surface area contributed by atoms with Crippen LogP contribution in [-0.2, 0) is 14.2 Å². The third kappa shape index (κ3) is 2.99. The molecule has 2 fully saturated rings. The Morgan fingerprint density at radius 3 is 2.88 bits per heavy atom. The maximum atomic E-state index is 8.89. The molecule has 0 aromatic rings. The molecule has 0 amide bonds. The number of hydrogen-bond donors (Lipinski definition) is 1. The minimum Gasteiger partial charge on any atom is -0.396 e. The molecule has 2 saturated heterocycles. The van der Waals surface area contributed by atoms with Gasteiger partial charge >= 0.3 is 0 Å². The van der Waals surface area contributed by atoms with Crippen molar-refractivity contribution in [1.82, 2.24) is 0 Å². The lowest BCUT2D eigenvalue weighted by Crippen LogP contribution is -2.55. The van der Waals surface area contributed by atoms with Crippen molar-refractivity contribution >= 4 is 0 Å². The van der Waals surface area contributed by atoms with Gasteiger partial charge in [-0.05, 0) is 38.5 Å².